The molecule has 0 aromatic rings. The van der Waals surface area contributed by atoms with Gasteiger partial charge < -0.3 is 5.32 Å². The van der Waals surface area contributed by atoms with Gasteiger partial charge in [0.1, 0.15) is 0 Å². The van der Waals surface area contributed by atoms with Crippen molar-refractivity contribution in [3.63, 3.8) is 0 Å². The highest BCUT2D eigenvalue weighted by molar-refractivity contribution is 8.00. The Hall–Kier alpha value is 0.200. The minimum Gasteiger partial charge on any atom is -0.302 e. The SMILES string of the molecule is FN1CCC2(CC1)NCCS2. The fourth-order valence-corrected chi connectivity index (χ4v) is 3.01. The minimum atomic E-state index is 0.239. The number of hydrogen-bond acceptors (Lipinski definition) is 3. The zero-order valence-electron chi connectivity index (χ0n) is 6.48. The monoisotopic (exact) mass is 176 g/mol. The highest BCUT2D eigenvalue weighted by atomic mass is 32.2. The number of hydrogen-bond donors (Lipinski definition) is 1. The lowest BCUT2D eigenvalue weighted by molar-refractivity contribution is -0.00574. The van der Waals surface area contributed by atoms with Crippen molar-refractivity contribution in [2.24, 2.45) is 0 Å². The molecule has 0 aromatic heterocycles. The van der Waals surface area contributed by atoms with E-state index in [1.165, 1.54) is 5.75 Å². The molecule has 2 saturated heterocycles. The van der Waals surface area contributed by atoms with E-state index in [9.17, 15) is 4.48 Å². The fourth-order valence-electron chi connectivity index (χ4n) is 1.74. The van der Waals surface area contributed by atoms with Gasteiger partial charge in [0, 0.05) is 25.4 Å². The number of rotatable bonds is 0. The summed E-state index contributed by atoms with van der Waals surface area (Å²) in [6, 6.07) is 0. The second kappa shape index (κ2) is 2.92. The molecule has 0 aliphatic carbocycles. The van der Waals surface area contributed by atoms with Gasteiger partial charge in [-0.1, -0.05) is 0 Å². The molecule has 2 fully saturated rings. The maximum absolute atomic E-state index is 12.6. The third-order valence-corrected chi connectivity index (χ3v) is 3.96. The summed E-state index contributed by atoms with van der Waals surface area (Å²) >= 11 is 1.96. The van der Waals surface area contributed by atoms with Gasteiger partial charge >= 0.3 is 0 Å². The van der Waals surface area contributed by atoms with Crippen molar-refractivity contribution in [1.82, 2.24) is 10.4 Å². The van der Waals surface area contributed by atoms with Crippen LogP contribution in [0, 0.1) is 0 Å². The first-order chi connectivity index (χ1) is 5.31. The summed E-state index contributed by atoms with van der Waals surface area (Å²) in [4.78, 5) is 0.239. The molecule has 0 radical (unpaired) electrons. The van der Waals surface area contributed by atoms with Crippen LogP contribution in [0.5, 0.6) is 0 Å². The molecule has 0 saturated carbocycles. The lowest BCUT2D eigenvalue weighted by Crippen LogP contribution is -2.46. The summed E-state index contributed by atoms with van der Waals surface area (Å²) in [7, 11) is 0. The lowest BCUT2D eigenvalue weighted by Gasteiger charge is -2.34. The van der Waals surface area contributed by atoms with E-state index in [1.807, 2.05) is 11.8 Å². The molecule has 1 N–H and O–H groups in total. The fraction of sp³-hybridized carbons (Fsp3) is 1.00. The van der Waals surface area contributed by atoms with Crippen molar-refractivity contribution in [1.29, 1.82) is 0 Å². The highest BCUT2D eigenvalue weighted by Crippen LogP contribution is 2.36. The first-order valence-corrected chi connectivity index (χ1v) is 5.09. The Kier molecular flexibility index (Phi) is 2.08. The predicted octanol–water partition coefficient (Wildman–Crippen LogP) is 0.999. The van der Waals surface area contributed by atoms with E-state index in [1.54, 1.807) is 0 Å². The molecular formula is C7H13FN2S. The Labute approximate surface area is 70.5 Å². The number of halogens is 1. The topological polar surface area (TPSA) is 15.3 Å². The molecule has 1 spiro atoms. The second-order valence-corrected chi connectivity index (χ2v) is 4.66. The molecule has 2 aliphatic rings. The molecule has 11 heavy (non-hydrogen) atoms. The van der Waals surface area contributed by atoms with Crippen LogP contribution in [0.25, 0.3) is 0 Å². The molecule has 64 valence electrons. The predicted molar refractivity (Wildman–Crippen MR) is 45.1 cm³/mol. The van der Waals surface area contributed by atoms with Crippen LogP contribution < -0.4 is 5.32 Å². The number of thioether (sulfide) groups is 1. The van der Waals surface area contributed by atoms with Crippen LogP contribution in [0.3, 0.4) is 0 Å². The van der Waals surface area contributed by atoms with E-state index in [2.05, 4.69) is 5.32 Å². The molecule has 2 nitrogen and oxygen atoms in total. The molecule has 0 unspecified atom stereocenters. The van der Waals surface area contributed by atoms with Gasteiger partial charge in [0.2, 0.25) is 0 Å². The molecule has 4 heteroatoms. The van der Waals surface area contributed by atoms with E-state index in [-0.39, 0.29) is 4.87 Å². The van der Waals surface area contributed by atoms with Gasteiger partial charge in [0.25, 0.3) is 0 Å². The highest BCUT2D eigenvalue weighted by Gasteiger charge is 2.37. The van der Waals surface area contributed by atoms with Crippen molar-refractivity contribution in [2.75, 3.05) is 25.4 Å². The summed E-state index contributed by atoms with van der Waals surface area (Å²) in [5, 5.41) is 4.38. The molecular weight excluding hydrogens is 163 g/mol. The summed E-state index contributed by atoms with van der Waals surface area (Å²) in [6.07, 6.45) is 1.91. The van der Waals surface area contributed by atoms with Crippen LogP contribution in [-0.4, -0.2) is 35.4 Å². The average Bonchev–Trinajstić information content (AvgIpc) is 2.45. The van der Waals surface area contributed by atoms with Crippen molar-refractivity contribution in [2.45, 2.75) is 17.7 Å². The van der Waals surface area contributed by atoms with Crippen LogP contribution in [0.4, 0.5) is 4.48 Å². The summed E-state index contributed by atoms with van der Waals surface area (Å²) in [5.41, 5.74) is 0. The molecule has 2 rings (SSSR count). The number of piperidine rings is 1. The number of nitrogens with one attached hydrogen (secondary N) is 1. The summed E-state index contributed by atoms with van der Waals surface area (Å²) in [5.74, 6) is 1.19. The summed E-state index contributed by atoms with van der Waals surface area (Å²) < 4.78 is 12.6. The normalized spacial score (nSPS) is 31.4. The molecule has 0 amide bonds. The van der Waals surface area contributed by atoms with Crippen LogP contribution in [0.2, 0.25) is 0 Å². The zero-order valence-corrected chi connectivity index (χ0v) is 7.29. The van der Waals surface area contributed by atoms with E-state index >= 15 is 0 Å². The van der Waals surface area contributed by atoms with Crippen LogP contribution in [0.15, 0.2) is 0 Å². The van der Waals surface area contributed by atoms with Gasteiger partial charge in [-0.25, -0.2) is 0 Å². The molecule has 0 atom stereocenters. The third kappa shape index (κ3) is 1.53. The van der Waals surface area contributed by atoms with Crippen LogP contribution in [-0.2, 0) is 0 Å². The average molecular weight is 176 g/mol. The van der Waals surface area contributed by atoms with E-state index in [0.717, 1.165) is 24.5 Å². The van der Waals surface area contributed by atoms with Gasteiger partial charge in [0.15, 0.2) is 0 Å². The van der Waals surface area contributed by atoms with Gasteiger partial charge in [-0.05, 0) is 12.8 Å². The van der Waals surface area contributed by atoms with Crippen molar-refractivity contribution in [3.05, 3.63) is 0 Å². The van der Waals surface area contributed by atoms with Crippen molar-refractivity contribution < 1.29 is 4.48 Å². The van der Waals surface area contributed by atoms with E-state index in [0.29, 0.717) is 13.1 Å². The van der Waals surface area contributed by atoms with Crippen molar-refractivity contribution >= 4 is 11.8 Å². The van der Waals surface area contributed by atoms with E-state index in [4.69, 9.17) is 0 Å². The Bertz CT molecular complexity index is 137. The smallest absolute Gasteiger partial charge is 0.0672 e. The maximum Gasteiger partial charge on any atom is 0.0672 e. The van der Waals surface area contributed by atoms with Gasteiger partial charge in [-0.3, -0.25) is 0 Å². The van der Waals surface area contributed by atoms with Gasteiger partial charge in [-0.2, -0.15) is 0 Å². The lowest BCUT2D eigenvalue weighted by atomic mass is 10.1. The second-order valence-electron chi connectivity index (χ2n) is 3.18. The standard InChI is InChI=1S/C7H13FN2S/c8-10-4-1-7(2-5-10)9-3-6-11-7/h9H,1-6H2. The Morgan fingerprint density at radius 3 is 2.64 bits per heavy atom. The van der Waals surface area contributed by atoms with E-state index < -0.39 is 0 Å². The summed E-state index contributed by atoms with van der Waals surface area (Å²) in [6.45, 7) is 2.29. The number of nitrogens with zero attached hydrogens (tertiary/aromatic N) is 1. The largest absolute Gasteiger partial charge is 0.302 e. The van der Waals surface area contributed by atoms with Crippen LogP contribution >= 0.6 is 11.8 Å². The molecule has 2 aliphatic heterocycles. The molecule has 2 heterocycles. The first kappa shape index (κ1) is 7.83. The Balaban J connectivity index is 1.94. The maximum atomic E-state index is 12.6. The quantitative estimate of drug-likeness (QED) is 0.554. The van der Waals surface area contributed by atoms with Gasteiger partial charge in [0.05, 0.1) is 4.87 Å². The van der Waals surface area contributed by atoms with Crippen molar-refractivity contribution in [3.8, 4) is 0 Å². The Morgan fingerprint density at radius 2 is 2.09 bits per heavy atom. The zero-order chi connectivity index (χ0) is 7.73. The van der Waals surface area contributed by atoms with Gasteiger partial charge in [-0.15, -0.1) is 21.4 Å². The third-order valence-electron chi connectivity index (χ3n) is 2.44. The first-order valence-electron chi connectivity index (χ1n) is 4.10. The molecule has 0 aromatic carbocycles. The Morgan fingerprint density at radius 1 is 1.36 bits per heavy atom. The van der Waals surface area contributed by atoms with Crippen LogP contribution in [0.1, 0.15) is 12.8 Å². The molecule has 0 bridgehead atoms. The minimum absolute atomic E-state index is 0.239.